The minimum Gasteiger partial charge on any atom is -0.493 e. The van der Waals surface area contributed by atoms with Crippen LogP contribution >= 0.6 is 0 Å². The third-order valence-corrected chi connectivity index (χ3v) is 3.64. The molecule has 1 amide bonds. The van der Waals surface area contributed by atoms with Gasteiger partial charge in [-0.15, -0.1) is 0 Å². The number of hydrogen-bond acceptors (Lipinski definition) is 4. The Morgan fingerprint density at radius 3 is 2.70 bits per heavy atom. The lowest BCUT2D eigenvalue weighted by Crippen LogP contribution is -2.15. The molecule has 128 valence electrons. The van der Waals surface area contributed by atoms with Crippen molar-refractivity contribution in [2.75, 3.05) is 13.7 Å². The molecule has 1 atom stereocenters. The van der Waals surface area contributed by atoms with Crippen LogP contribution < -0.4 is 10.5 Å². The highest BCUT2D eigenvalue weighted by Crippen LogP contribution is 2.17. The van der Waals surface area contributed by atoms with Gasteiger partial charge in [0.2, 0.25) is 5.91 Å². The van der Waals surface area contributed by atoms with Gasteiger partial charge in [-0.05, 0) is 49.3 Å². The summed E-state index contributed by atoms with van der Waals surface area (Å²) in [5.74, 6) is 0.686. The van der Waals surface area contributed by atoms with E-state index in [9.17, 15) is 9.59 Å². The first-order chi connectivity index (χ1) is 11.0. The van der Waals surface area contributed by atoms with Crippen LogP contribution in [0, 0.1) is 5.92 Å². The number of hydrogen-bond donors (Lipinski definition) is 1. The summed E-state index contributed by atoms with van der Waals surface area (Å²) in [7, 11) is 1.41. The molecule has 0 spiro atoms. The molecule has 0 bridgehead atoms. The second-order valence-electron chi connectivity index (χ2n) is 5.85. The lowest BCUT2D eigenvalue weighted by Gasteiger charge is -2.13. The van der Waals surface area contributed by atoms with Crippen LogP contribution in [0.15, 0.2) is 24.3 Å². The summed E-state index contributed by atoms with van der Waals surface area (Å²) in [5.41, 5.74) is 6.34. The van der Waals surface area contributed by atoms with E-state index in [0.717, 1.165) is 31.4 Å². The van der Waals surface area contributed by atoms with E-state index in [1.165, 1.54) is 12.7 Å². The second-order valence-corrected chi connectivity index (χ2v) is 5.85. The van der Waals surface area contributed by atoms with Crippen LogP contribution in [0.4, 0.5) is 0 Å². The topological polar surface area (TPSA) is 78.6 Å². The predicted octanol–water partition coefficient (Wildman–Crippen LogP) is 2.85. The number of carbonyl (C=O) groups excluding carboxylic acids is 2. The lowest BCUT2D eigenvalue weighted by molar-refractivity contribution is -0.140. The molecule has 0 radical (unpaired) electrons. The van der Waals surface area contributed by atoms with E-state index in [1.54, 1.807) is 0 Å². The molecule has 5 nitrogen and oxygen atoms in total. The number of amides is 1. The van der Waals surface area contributed by atoms with Gasteiger partial charge in [-0.3, -0.25) is 9.59 Å². The van der Waals surface area contributed by atoms with Crippen molar-refractivity contribution >= 4 is 11.9 Å². The molecule has 1 aromatic carbocycles. The number of nitrogens with two attached hydrogens (primary N) is 1. The first kappa shape index (κ1) is 19.0. The number of ether oxygens (including phenoxy) is 2. The van der Waals surface area contributed by atoms with Gasteiger partial charge >= 0.3 is 5.97 Å². The molecule has 0 saturated carbocycles. The Morgan fingerprint density at radius 2 is 2.00 bits per heavy atom. The molecule has 0 saturated heterocycles. The zero-order chi connectivity index (χ0) is 17.1. The molecule has 0 fully saturated rings. The number of methoxy groups -OCH3 is 1. The average Bonchev–Trinajstić information content (AvgIpc) is 2.55. The van der Waals surface area contributed by atoms with Gasteiger partial charge in [0.1, 0.15) is 5.75 Å². The molecule has 2 N–H and O–H groups in total. The summed E-state index contributed by atoms with van der Waals surface area (Å²) in [6.45, 7) is 2.61. The SMILES string of the molecule is COC(=O)CCCCc1cccc(OC[C@@H](C)CCC(N)=O)c1. The molecular weight excluding hydrogens is 294 g/mol. The number of carbonyl (C=O) groups is 2. The largest absolute Gasteiger partial charge is 0.493 e. The Balaban J connectivity index is 2.32. The first-order valence-electron chi connectivity index (χ1n) is 8.08. The van der Waals surface area contributed by atoms with Crippen LogP contribution in [0.1, 0.15) is 44.6 Å². The van der Waals surface area contributed by atoms with Crippen molar-refractivity contribution in [1.82, 2.24) is 0 Å². The zero-order valence-electron chi connectivity index (χ0n) is 14.0. The third kappa shape index (κ3) is 8.86. The molecule has 0 aromatic heterocycles. The summed E-state index contributed by atoms with van der Waals surface area (Å²) < 4.78 is 10.4. The number of rotatable bonds is 11. The second kappa shape index (κ2) is 10.6. The Bertz CT molecular complexity index is 502. The first-order valence-corrected chi connectivity index (χ1v) is 8.08. The standard InChI is InChI=1S/C18H27NO4/c1-14(10-11-17(19)20)13-23-16-8-5-7-15(12-16)6-3-4-9-18(21)22-2/h5,7-8,12,14H,3-4,6,9-11,13H2,1-2H3,(H2,19,20)/t14-/m0/s1. The molecule has 0 unspecified atom stereocenters. The molecule has 0 aliphatic heterocycles. The predicted molar refractivity (Wildman–Crippen MR) is 89.1 cm³/mol. The fourth-order valence-corrected chi connectivity index (χ4v) is 2.20. The molecule has 0 aliphatic rings. The van der Waals surface area contributed by atoms with Crippen LogP contribution in [0.25, 0.3) is 0 Å². The van der Waals surface area contributed by atoms with Crippen molar-refractivity contribution in [3.05, 3.63) is 29.8 Å². The number of benzene rings is 1. The van der Waals surface area contributed by atoms with Crippen molar-refractivity contribution in [3.8, 4) is 5.75 Å². The zero-order valence-corrected chi connectivity index (χ0v) is 14.0. The van der Waals surface area contributed by atoms with E-state index < -0.39 is 0 Å². The van der Waals surface area contributed by atoms with Crippen molar-refractivity contribution in [1.29, 1.82) is 0 Å². The summed E-state index contributed by atoms with van der Waals surface area (Å²) in [6, 6.07) is 7.98. The summed E-state index contributed by atoms with van der Waals surface area (Å²) in [6.07, 6.45) is 4.26. The van der Waals surface area contributed by atoms with Gasteiger partial charge < -0.3 is 15.2 Å². The smallest absolute Gasteiger partial charge is 0.305 e. The van der Waals surface area contributed by atoms with Gasteiger partial charge in [0.05, 0.1) is 13.7 Å². The molecule has 0 heterocycles. The Labute approximate surface area is 138 Å². The Morgan fingerprint density at radius 1 is 1.22 bits per heavy atom. The normalized spacial score (nSPS) is 11.7. The van der Waals surface area contributed by atoms with Crippen LogP contribution in [0.5, 0.6) is 5.75 Å². The molecular formula is C18H27NO4. The van der Waals surface area contributed by atoms with Gasteiger partial charge in [-0.25, -0.2) is 0 Å². The van der Waals surface area contributed by atoms with Crippen molar-refractivity contribution < 1.29 is 19.1 Å². The fourth-order valence-electron chi connectivity index (χ4n) is 2.20. The average molecular weight is 321 g/mol. The number of aryl methyl sites for hydroxylation is 1. The highest BCUT2D eigenvalue weighted by atomic mass is 16.5. The number of unbranched alkanes of at least 4 members (excludes halogenated alkanes) is 1. The van der Waals surface area contributed by atoms with Crippen LogP contribution in [-0.4, -0.2) is 25.6 Å². The highest BCUT2D eigenvalue weighted by molar-refractivity contribution is 5.73. The maximum Gasteiger partial charge on any atom is 0.305 e. The van der Waals surface area contributed by atoms with Crippen molar-refractivity contribution in [2.24, 2.45) is 11.7 Å². The van der Waals surface area contributed by atoms with Crippen molar-refractivity contribution in [3.63, 3.8) is 0 Å². The van der Waals surface area contributed by atoms with E-state index in [-0.39, 0.29) is 17.8 Å². The van der Waals surface area contributed by atoms with Crippen LogP contribution in [-0.2, 0) is 20.7 Å². The van der Waals surface area contributed by atoms with Gasteiger partial charge in [-0.2, -0.15) is 0 Å². The van der Waals surface area contributed by atoms with Gasteiger partial charge in [-0.1, -0.05) is 19.1 Å². The highest BCUT2D eigenvalue weighted by Gasteiger charge is 2.06. The third-order valence-electron chi connectivity index (χ3n) is 3.64. The van der Waals surface area contributed by atoms with Crippen LogP contribution in [0.3, 0.4) is 0 Å². The quantitative estimate of drug-likeness (QED) is 0.502. The van der Waals surface area contributed by atoms with Crippen LogP contribution in [0.2, 0.25) is 0 Å². The van der Waals surface area contributed by atoms with Gasteiger partial charge in [0.15, 0.2) is 0 Å². The number of primary amides is 1. The minimum absolute atomic E-state index is 0.160. The maximum atomic E-state index is 11.1. The van der Waals surface area contributed by atoms with Crippen molar-refractivity contribution in [2.45, 2.75) is 45.4 Å². The molecule has 0 aliphatic carbocycles. The molecule has 23 heavy (non-hydrogen) atoms. The molecule has 1 aromatic rings. The maximum absolute atomic E-state index is 11.1. The van der Waals surface area contributed by atoms with E-state index in [2.05, 4.69) is 10.8 Å². The summed E-state index contributed by atoms with van der Waals surface area (Å²) in [4.78, 5) is 21.8. The lowest BCUT2D eigenvalue weighted by atomic mass is 10.1. The Kier molecular flexibility index (Phi) is 8.80. The monoisotopic (exact) mass is 321 g/mol. The Hall–Kier alpha value is -2.04. The molecule has 5 heteroatoms. The minimum atomic E-state index is -0.272. The van der Waals surface area contributed by atoms with E-state index in [0.29, 0.717) is 19.4 Å². The summed E-state index contributed by atoms with van der Waals surface area (Å²) >= 11 is 0. The fraction of sp³-hybridized carbons (Fsp3) is 0.556. The van der Waals surface area contributed by atoms with E-state index >= 15 is 0 Å². The summed E-state index contributed by atoms with van der Waals surface area (Å²) in [5, 5.41) is 0. The van der Waals surface area contributed by atoms with E-state index in [4.69, 9.17) is 10.5 Å². The number of esters is 1. The molecule has 1 rings (SSSR count). The van der Waals surface area contributed by atoms with Gasteiger partial charge in [0, 0.05) is 12.8 Å². The van der Waals surface area contributed by atoms with E-state index in [1.807, 2.05) is 25.1 Å². The van der Waals surface area contributed by atoms with Gasteiger partial charge in [0.25, 0.3) is 0 Å².